The zero-order valence-electron chi connectivity index (χ0n) is 11.9. The van der Waals surface area contributed by atoms with Crippen LogP contribution >= 0.6 is 0 Å². The molecule has 0 aromatic heterocycles. The van der Waals surface area contributed by atoms with Gasteiger partial charge in [-0.05, 0) is 37.5 Å². The van der Waals surface area contributed by atoms with Gasteiger partial charge in [-0.2, -0.15) is 0 Å². The van der Waals surface area contributed by atoms with Crippen LogP contribution in [0.4, 0.5) is 5.69 Å². The van der Waals surface area contributed by atoms with E-state index >= 15 is 0 Å². The second-order valence-electron chi connectivity index (χ2n) is 5.10. The van der Waals surface area contributed by atoms with Crippen LogP contribution in [-0.2, 0) is 0 Å². The molecule has 1 heterocycles. The lowest BCUT2D eigenvalue weighted by molar-refractivity contribution is 0.177. The van der Waals surface area contributed by atoms with Gasteiger partial charge in [-0.1, -0.05) is 19.1 Å². The van der Waals surface area contributed by atoms with Crippen molar-refractivity contribution in [2.75, 3.05) is 37.6 Å². The van der Waals surface area contributed by atoms with Crippen molar-refractivity contribution < 1.29 is 0 Å². The third kappa shape index (κ3) is 3.03. The maximum atomic E-state index is 3.48. The highest BCUT2D eigenvalue weighted by Gasteiger charge is 2.17. The average molecular weight is 247 g/mol. The van der Waals surface area contributed by atoms with Gasteiger partial charge in [0.25, 0.3) is 0 Å². The summed E-state index contributed by atoms with van der Waals surface area (Å²) in [6, 6.07) is 6.61. The molecule has 1 aromatic rings. The van der Waals surface area contributed by atoms with Gasteiger partial charge >= 0.3 is 0 Å². The Labute approximate surface area is 111 Å². The van der Waals surface area contributed by atoms with E-state index in [0.717, 1.165) is 32.7 Å². The standard InChI is InChI=1S/C15H25N3/c1-4-8-16-18-11-9-17(10-12-18)15-7-5-6-13(2)14(15)3/h5-7,16H,4,8-12H2,1-3H3. The van der Waals surface area contributed by atoms with Crippen molar-refractivity contribution in [2.24, 2.45) is 0 Å². The Kier molecular flexibility index (Phi) is 4.61. The SMILES string of the molecule is CCCNN1CCN(c2cccc(C)c2C)CC1. The van der Waals surface area contributed by atoms with Crippen molar-refractivity contribution in [3.63, 3.8) is 0 Å². The molecule has 0 radical (unpaired) electrons. The summed E-state index contributed by atoms with van der Waals surface area (Å²) in [6.07, 6.45) is 1.19. The maximum absolute atomic E-state index is 3.48. The van der Waals surface area contributed by atoms with Crippen molar-refractivity contribution in [2.45, 2.75) is 27.2 Å². The molecule has 1 aromatic carbocycles. The molecule has 0 amide bonds. The van der Waals surface area contributed by atoms with E-state index in [9.17, 15) is 0 Å². The first kappa shape index (κ1) is 13.4. The van der Waals surface area contributed by atoms with E-state index in [1.165, 1.54) is 23.2 Å². The molecule has 3 heteroatoms. The third-order valence-electron chi connectivity index (χ3n) is 3.78. The molecule has 0 aliphatic carbocycles. The van der Waals surface area contributed by atoms with Crippen LogP contribution < -0.4 is 10.3 Å². The van der Waals surface area contributed by atoms with Gasteiger partial charge in [0, 0.05) is 38.4 Å². The Bertz CT molecular complexity index is 381. The number of hydrogen-bond donors (Lipinski definition) is 1. The minimum absolute atomic E-state index is 1.09. The molecule has 2 rings (SSSR count). The summed E-state index contributed by atoms with van der Waals surface area (Å²) >= 11 is 0. The van der Waals surface area contributed by atoms with Gasteiger partial charge in [0.2, 0.25) is 0 Å². The van der Waals surface area contributed by atoms with E-state index in [0.29, 0.717) is 0 Å². The van der Waals surface area contributed by atoms with Crippen molar-refractivity contribution in [3.8, 4) is 0 Å². The molecule has 0 bridgehead atoms. The largest absolute Gasteiger partial charge is 0.369 e. The number of rotatable bonds is 4. The van der Waals surface area contributed by atoms with Gasteiger partial charge < -0.3 is 4.90 Å². The Morgan fingerprint density at radius 1 is 1.11 bits per heavy atom. The van der Waals surface area contributed by atoms with Gasteiger partial charge in [0.05, 0.1) is 0 Å². The quantitative estimate of drug-likeness (QED) is 0.881. The smallest absolute Gasteiger partial charge is 0.0399 e. The molecule has 1 saturated heterocycles. The number of nitrogens with zero attached hydrogens (tertiary/aromatic N) is 2. The van der Waals surface area contributed by atoms with Crippen molar-refractivity contribution in [3.05, 3.63) is 29.3 Å². The Balaban J connectivity index is 1.95. The van der Waals surface area contributed by atoms with Crippen molar-refractivity contribution in [1.82, 2.24) is 10.4 Å². The molecule has 1 aliphatic heterocycles. The predicted molar refractivity (Wildman–Crippen MR) is 78.0 cm³/mol. The topological polar surface area (TPSA) is 18.5 Å². The first-order chi connectivity index (χ1) is 8.72. The van der Waals surface area contributed by atoms with Crippen LogP contribution in [0, 0.1) is 13.8 Å². The minimum atomic E-state index is 1.09. The molecular formula is C15H25N3. The molecule has 1 aliphatic rings. The maximum Gasteiger partial charge on any atom is 0.0399 e. The first-order valence-corrected chi connectivity index (χ1v) is 7.02. The summed E-state index contributed by atoms with van der Waals surface area (Å²) in [5.41, 5.74) is 7.70. The average Bonchev–Trinajstić information content (AvgIpc) is 2.40. The normalized spacial score (nSPS) is 17.2. The van der Waals surface area contributed by atoms with E-state index in [4.69, 9.17) is 0 Å². The minimum Gasteiger partial charge on any atom is -0.369 e. The Morgan fingerprint density at radius 2 is 1.83 bits per heavy atom. The number of hydrogen-bond acceptors (Lipinski definition) is 3. The molecule has 18 heavy (non-hydrogen) atoms. The fraction of sp³-hybridized carbons (Fsp3) is 0.600. The van der Waals surface area contributed by atoms with Gasteiger partial charge in [0.15, 0.2) is 0 Å². The summed E-state index contributed by atoms with van der Waals surface area (Å²) < 4.78 is 0. The van der Waals surface area contributed by atoms with Gasteiger partial charge in [0.1, 0.15) is 0 Å². The number of aryl methyl sites for hydroxylation is 1. The second kappa shape index (κ2) is 6.21. The van der Waals surface area contributed by atoms with Gasteiger partial charge in [-0.15, -0.1) is 0 Å². The molecule has 0 saturated carbocycles. The number of nitrogens with one attached hydrogen (secondary N) is 1. The Hall–Kier alpha value is -1.06. The zero-order valence-corrected chi connectivity index (χ0v) is 11.9. The lowest BCUT2D eigenvalue weighted by atomic mass is 10.1. The van der Waals surface area contributed by atoms with E-state index in [2.05, 4.69) is 54.3 Å². The van der Waals surface area contributed by atoms with E-state index in [1.54, 1.807) is 0 Å². The summed E-state index contributed by atoms with van der Waals surface area (Å²) in [6.45, 7) is 12.1. The molecule has 3 nitrogen and oxygen atoms in total. The Morgan fingerprint density at radius 3 is 2.50 bits per heavy atom. The zero-order chi connectivity index (χ0) is 13.0. The lowest BCUT2D eigenvalue weighted by Crippen LogP contribution is -2.52. The molecule has 0 unspecified atom stereocenters. The summed E-state index contributed by atoms with van der Waals surface area (Å²) in [5, 5.41) is 2.35. The highest BCUT2D eigenvalue weighted by molar-refractivity contribution is 5.56. The predicted octanol–water partition coefficient (Wildman–Crippen LogP) is 2.34. The van der Waals surface area contributed by atoms with Crippen LogP contribution in [0.15, 0.2) is 18.2 Å². The van der Waals surface area contributed by atoms with E-state index in [-0.39, 0.29) is 0 Å². The molecule has 0 spiro atoms. The molecule has 1 fully saturated rings. The third-order valence-corrected chi connectivity index (χ3v) is 3.78. The van der Waals surface area contributed by atoms with Crippen LogP contribution in [0.25, 0.3) is 0 Å². The molecule has 100 valence electrons. The number of hydrazine groups is 1. The van der Waals surface area contributed by atoms with Crippen molar-refractivity contribution >= 4 is 5.69 Å². The summed E-state index contributed by atoms with van der Waals surface area (Å²) in [4.78, 5) is 2.51. The first-order valence-electron chi connectivity index (χ1n) is 7.02. The van der Waals surface area contributed by atoms with Crippen LogP contribution in [0.2, 0.25) is 0 Å². The molecular weight excluding hydrogens is 222 g/mol. The van der Waals surface area contributed by atoms with Crippen LogP contribution in [0.3, 0.4) is 0 Å². The van der Waals surface area contributed by atoms with Gasteiger partial charge in [-0.3, -0.25) is 5.43 Å². The fourth-order valence-electron chi connectivity index (χ4n) is 2.45. The number of piperazine rings is 1. The monoisotopic (exact) mass is 247 g/mol. The van der Waals surface area contributed by atoms with Crippen LogP contribution in [-0.4, -0.2) is 37.7 Å². The molecule has 0 atom stereocenters. The highest BCUT2D eigenvalue weighted by Crippen LogP contribution is 2.23. The summed E-state index contributed by atoms with van der Waals surface area (Å²) in [7, 11) is 0. The highest BCUT2D eigenvalue weighted by atomic mass is 15.5. The van der Waals surface area contributed by atoms with Gasteiger partial charge in [-0.25, -0.2) is 5.01 Å². The van der Waals surface area contributed by atoms with Crippen molar-refractivity contribution in [1.29, 1.82) is 0 Å². The fourth-order valence-corrected chi connectivity index (χ4v) is 2.45. The van der Waals surface area contributed by atoms with E-state index < -0.39 is 0 Å². The molecule has 1 N–H and O–H groups in total. The number of benzene rings is 1. The van der Waals surface area contributed by atoms with Crippen LogP contribution in [0.1, 0.15) is 24.5 Å². The van der Waals surface area contributed by atoms with Crippen LogP contribution in [0.5, 0.6) is 0 Å². The van der Waals surface area contributed by atoms with E-state index in [1.807, 2.05) is 0 Å². The summed E-state index contributed by atoms with van der Waals surface area (Å²) in [5.74, 6) is 0. The second-order valence-corrected chi connectivity index (χ2v) is 5.10. The lowest BCUT2D eigenvalue weighted by Gasteiger charge is -2.37. The number of anilines is 1.